The summed E-state index contributed by atoms with van der Waals surface area (Å²) in [5.41, 5.74) is 1.98. The lowest BCUT2D eigenvalue weighted by Crippen LogP contribution is -2.49. The van der Waals surface area contributed by atoms with E-state index >= 15 is 0 Å². The normalized spacial score (nSPS) is 15.5. The summed E-state index contributed by atoms with van der Waals surface area (Å²) in [4.78, 5) is 16.8. The third kappa shape index (κ3) is 6.35. The monoisotopic (exact) mass is 386 g/mol. The molecule has 0 bridgehead atoms. The summed E-state index contributed by atoms with van der Waals surface area (Å²) in [6.45, 7) is 10.1. The van der Waals surface area contributed by atoms with E-state index in [-0.39, 0.29) is 5.91 Å². The molecule has 1 saturated heterocycles. The summed E-state index contributed by atoms with van der Waals surface area (Å²) in [5.74, 6) is 1.83. The quantitative estimate of drug-likeness (QED) is 0.713. The van der Waals surface area contributed by atoms with Crippen LogP contribution in [0.2, 0.25) is 0 Å². The van der Waals surface area contributed by atoms with Crippen LogP contribution in [0.5, 0.6) is 5.75 Å². The molecule has 1 aromatic carbocycles. The largest absolute Gasteiger partial charge is 0.494 e. The average molecular weight is 386 g/mol. The van der Waals surface area contributed by atoms with Crippen molar-refractivity contribution in [2.24, 2.45) is 0 Å². The van der Waals surface area contributed by atoms with E-state index in [4.69, 9.17) is 9.26 Å². The fourth-order valence-electron chi connectivity index (χ4n) is 3.20. The number of nitrogens with zero attached hydrogens (tertiary/aromatic N) is 3. The maximum absolute atomic E-state index is 12.3. The van der Waals surface area contributed by atoms with Gasteiger partial charge in [-0.3, -0.25) is 14.6 Å². The molecule has 1 aliphatic heterocycles. The summed E-state index contributed by atoms with van der Waals surface area (Å²) in [7, 11) is 0. The molecule has 0 unspecified atom stereocenters. The predicted octanol–water partition coefficient (Wildman–Crippen LogP) is 2.21. The second kappa shape index (κ2) is 10.2. The minimum Gasteiger partial charge on any atom is -0.494 e. The summed E-state index contributed by atoms with van der Waals surface area (Å²) < 4.78 is 10.9. The van der Waals surface area contributed by atoms with Gasteiger partial charge >= 0.3 is 0 Å². The number of aromatic nitrogens is 1. The van der Waals surface area contributed by atoms with Gasteiger partial charge in [0.2, 0.25) is 5.91 Å². The van der Waals surface area contributed by atoms with Crippen molar-refractivity contribution in [3.63, 3.8) is 0 Å². The maximum Gasteiger partial charge on any atom is 0.234 e. The van der Waals surface area contributed by atoms with E-state index < -0.39 is 0 Å². The van der Waals surface area contributed by atoms with Gasteiger partial charge in [-0.1, -0.05) is 24.2 Å². The van der Waals surface area contributed by atoms with Gasteiger partial charge in [0.05, 0.1) is 25.4 Å². The van der Waals surface area contributed by atoms with Gasteiger partial charge in [0.15, 0.2) is 5.76 Å². The molecule has 0 radical (unpaired) electrons. The average Bonchev–Trinajstić information content (AvgIpc) is 3.12. The summed E-state index contributed by atoms with van der Waals surface area (Å²) >= 11 is 0. The van der Waals surface area contributed by atoms with Crippen molar-refractivity contribution in [1.29, 1.82) is 0 Å². The number of aryl methyl sites for hydroxylation is 1. The molecule has 1 aliphatic rings. The molecular formula is C21H30N4O3. The molecule has 7 nitrogen and oxygen atoms in total. The number of carbonyl (C=O) groups is 1. The van der Waals surface area contributed by atoms with Gasteiger partial charge in [-0.15, -0.1) is 0 Å². The zero-order chi connectivity index (χ0) is 19.8. The maximum atomic E-state index is 12.3. The first-order chi connectivity index (χ1) is 13.6. The highest BCUT2D eigenvalue weighted by Gasteiger charge is 2.20. The van der Waals surface area contributed by atoms with Crippen LogP contribution in [0.25, 0.3) is 0 Å². The van der Waals surface area contributed by atoms with Crippen LogP contribution >= 0.6 is 0 Å². The topological polar surface area (TPSA) is 70.8 Å². The molecule has 1 N–H and O–H groups in total. The molecule has 28 heavy (non-hydrogen) atoms. The fraction of sp³-hybridized carbons (Fsp3) is 0.524. The highest BCUT2D eigenvalue weighted by atomic mass is 16.5. The van der Waals surface area contributed by atoms with Gasteiger partial charge in [0, 0.05) is 38.8 Å². The lowest BCUT2D eigenvalue weighted by molar-refractivity contribution is -0.122. The van der Waals surface area contributed by atoms with Crippen LogP contribution < -0.4 is 10.1 Å². The van der Waals surface area contributed by atoms with Crippen molar-refractivity contribution in [3.05, 3.63) is 47.3 Å². The Kier molecular flexibility index (Phi) is 7.45. The fourth-order valence-corrected chi connectivity index (χ4v) is 3.20. The first-order valence-electron chi connectivity index (χ1n) is 9.97. The summed E-state index contributed by atoms with van der Waals surface area (Å²) in [6, 6.07) is 9.87. The zero-order valence-corrected chi connectivity index (χ0v) is 16.8. The molecular weight excluding hydrogens is 356 g/mol. The first-order valence-corrected chi connectivity index (χ1v) is 9.97. The van der Waals surface area contributed by atoms with E-state index in [0.29, 0.717) is 13.1 Å². The number of rotatable bonds is 9. The van der Waals surface area contributed by atoms with Crippen LogP contribution in [0.1, 0.15) is 30.4 Å². The second-order valence-electron chi connectivity index (χ2n) is 7.26. The van der Waals surface area contributed by atoms with Crippen molar-refractivity contribution in [3.8, 4) is 5.75 Å². The molecule has 0 aliphatic carbocycles. The first kappa shape index (κ1) is 20.4. The third-order valence-corrected chi connectivity index (χ3v) is 4.77. The molecule has 0 atom stereocenters. The van der Waals surface area contributed by atoms with Gasteiger partial charge in [-0.05, 0) is 31.0 Å². The van der Waals surface area contributed by atoms with Crippen molar-refractivity contribution < 1.29 is 14.1 Å². The lowest BCUT2D eigenvalue weighted by Gasteiger charge is -2.33. The highest BCUT2D eigenvalue weighted by Crippen LogP contribution is 2.12. The Morgan fingerprint density at radius 2 is 1.89 bits per heavy atom. The Morgan fingerprint density at radius 1 is 1.18 bits per heavy atom. The predicted molar refractivity (Wildman–Crippen MR) is 107 cm³/mol. The lowest BCUT2D eigenvalue weighted by atomic mass is 10.2. The highest BCUT2D eigenvalue weighted by molar-refractivity contribution is 5.78. The Bertz CT molecular complexity index is 736. The van der Waals surface area contributed by atoms with Crippen molar-refractivity contribution in [2.75, 3.05) is 39.3 Å². The molecule has 152 valence electrons. The molecule has 2 aromatic rings. The SMILES string of the molecule is CCCOc1ccc(CNC(=O)CN2CCN(Cc3cc(C)no3)CC2)cc1. The molecule has 1 fully saturated rings. The van der Waals surface area contributed by atoms with Crippen molar-refractivity contribution >= 4 is 5.91 Å². The van der Waals surface area contributed by atoms with Crippen LogP contribution in [-0.2, 0) is 17.9 Å². The van der Waals surface area contributed by atoms with Gasteiger partial charge in [0.1, 0.15) is 5.75 Å². The van der Waals surface area contributed by atoms with Crippen LogP contribution in [0.3, 0.4) is 0 Å². The Morgan fingerprint density at radius 3 is 2.54 bits per heavy atom. The Hall–Kier alpha value is -2.38. The molecule has 0 saturated carbocycles. The third-order valence-electron chi connectivity index (χ3n) is 4.77. The van der Waals surface area contributed by atoms with Crippen LogP contribution in [0.15, 0.2) is 34.9 Å². The van der Waals surface area contributed by atoms with Crippen molar-refractivity contribution in [2.45, 2.75) is 33.4 Å². The molecule has 7 heteroatoms. The van der Waals surface area contributed by atoms with Gasteiger partial charge < -0.3 is 14.6 Å². The summed E-state index contributed by atoms with van der Waals surface area (Å²) in [5, 5.41) is 6.93. The van der Waals surface area contributed by atoms with E-state index in [9.17, 15) is 4.79 Å². The standard InChI is InChI=1S/C21H30N4O3/c1-3-12-27-19-6-4-18(5-7-19)14-22-21(26)16-25-10-8-24(9-11-25)15-20-13-17(2)23-28-20/h4-7,13H,3,8-12,14-16H2,1-2H3,(H,22,26). The van der Waals surface area contributed by atoms with Gasteiger partial charge in [0.25, 0.3) is 0 Å². The minimum atomic E-state index is 0.0608. The van der Waals surface area contributed by atoms with Gasteiger partial charge in [-0.25, -0.2) is 0 Å². The zero-order valence-electron chi connectivity index (χ0n) is 16.8. The Balaban J connectivity index is 1.34. The minimum absolute atomic E-state index is 0.0608. The van der Waals surface area contributed by atoms with E-state index in [0.717, 1.165) is 68.5 Å². The van der Waals surface area contributed by atoms with Gasteiger partial charge in [-0.2, -0.15) is 0 Å². The number of hydrogen-bond acceptors (Lipinski definition) is 6. The Labute approximate surface area is 166 Å². The summed E-state index contributed by atoms with van der Waals surface area (Å²) in [6.07, 6.45) is 0.992. The van der Waals surface area contributed by atoms with Crippen LogP contribution in [0.4, 0.5) is 0 Å². The number of hydrogen-bond donors (Lipinski definition) is 1. The van der Waals surface area contributed by atoms with E-state index in [1.54, 1.807) is 0 Å². The smallest absolute Gasteiger partial charge is 0.234 e. The number of ether oxygens (including phenoxy) is 1. The number of benzene rings is 1. The number of carbonyl (C=O) groups excluding carboxylic acids is 1. The van der Waals surface area contributed by atoms with Crippen LogP contribution in [-0.4, -0.2) is 60.2 Å². The molecule has 1 amide bonds. The number of piperazine rings is 1. The molecule has 0 spiro atoms. The van der Waals surface area contributed by atoms with Crippen LogP contribution in [0, 0.1) is 6.92 Å². The molecule has 3 rings (SSSR count). The molecule has 2 heterocycles. The van der Waals surface area contributed by atoms with E-state index in [1.165, 1.54) is 0 Å². The number of nitrogens with one attached hydrogen (secondary N) is 1. The second-order valence-corrected chi connectivity index (χ2v) is 7.26. The van der Waals surface area contributed by atoms with E-state index in [1.807, 2.05) is 37.3 Å². The van der Waals surface area contributed by atoms with Crippen molar-refractivity contribution in [1.82, 2.24) is 20.3 Å². The molecule has 1 aromatic heterocycles. The number of amides is 1. The van der Waals surface area contributed by atoms with E-state index in [2.05, 4.69) is 27.2 Å².